The highest BCUT2D eigenvalue weighted by molar-refractivity contribution is 5.76. The van der Waals surface area contributed by atoms with Crippen molar-refractivity contribution in [2.45, 2.75) is 64.8 Å². The number of rotatable bonds is 9. The lowest BCUT2D eigenvalue weighted by Crippen LogP contribution is -2.47. The lowest BCUT2D eigenvalue weighted by atomic mass is 9.84. The SMILES string of the molecule is COCCCC(=O)N[C@H]1CC[C@H](CCN2CCN(c3ccc(C)c(C)c3)CC2)CC1. The molecule has 168 valence electrons. The summed E-state index contributed by atoms with van der Waals surface area (Å²) < 4.78 is 5.02. The number of methoxy groups -OCH3 is 1. The predicted octanol–water partition coefficient (Wildman–Crippen LogP) is 3.92. The second kappa shape index (κ2) is 11.7. The summed E-state index contributed by atoms with van der Waals surface area (Å²) >= 11 is 0. The van der Waals surface area contributed by atoms with Crippen LogP contribution in [0.15, 0.2) is 18.2 Å². The van der Waals surface area contributed by atoms with Crippen LogP contribution in [0.25, 0.3) is 0 Å². The monoisotopic (exact) mass is 415 g/mol. The number of nitrogens with zero attached hydrogens (tertiary/aromatic N) is 2. The van der Waals surface area contributed by atoms with Gasteiger partial charge in [0, 0.05) is 58.0 Å². The van der Waals surface area contributed by atoms with E-state index in [9.17, 15) is 4.79 Å². The molecule has 0 radical (unpaired) electrons. The van der Waals surface area contributed by atoms with Crippen molar-refractivity contribution >= 4 is 11.6 Å². The van der Waals surface area contributed by atoms with Crippen molar-refractivity contribution in [1.29, 1.82) is 0 Å². The first-order valence-corrected chi connectivity index (χ1v) is 11.9. The van der Waals surface area contributed by atoms with Crippen LogP contribution in [0.1, 0.15) is 56.1 Å². The molecule has 0 unspecified atom stereocenters. The van der Waals surface area contributed by atoms with E-state index < -0.39 is 0 Å². The highest BCUT2D eigenvalue weighted by Gasteiger charge is 2.24. The Hall–Kier alpha value is -1.59. The summed E-state index contributed by atoms with van der Waals surface area (Å²) in [4.78, 5) is 17.2. The molecule has 1 saturated heterocycles. The normalized spacial score (nSPS) is 22.8. The van der Waals surface area contributed by atoms with Crippen LogP contribution in [0.4, 0.5) is 5.69 Å². The van der Waals surface area contributed by atoms with Crippen molar-refractivity contribution in [1.82, 2.24) is 10.2 Å². The van der Waals surface area contributed by atoms with Gasteiger partial charge in [0.15, 0.2) is 0 Å². The van der Waals surface area contributed by atoms with Gasteiger partial charge in [0.2, 0.25) is 5.91 Å². The van der Waals surface area contributed by atoms with Gasteiger partial charge in [0.25, 0.3) is 0 Å². The Morgan fingerprint density at radius 3 is 2.47 bits per heavy atom. The van der Waals surface area contributed by atoms with Gasteiger partial charge in [-0.3, -0.25) is 9.69 Å². The van der Waals surface area contributed by atoms with Gasteiger partial charge in [-0.2, -0.15) is 0 Å². The zero-order valence-electron chi connectivity index (χ0n) is 19.3. The van der Waals surface area contributed by atoms with Crippen LogP contribution in [-0.4, -0.2) is 63.3 Å². The predicted molar refractivity (Wildman–Crippen MR) is 124 cm³/mol. The molecule has 1 heterocycles. The molecule has 2 fully saturated rings. The molecule has 2 aliphatic rings. The minimum absolute atomic E-state index is 0.192. The van der Waals surface area contributed by atoms with Crippen molar-refractivity contribution in [2.75, 3.05) is 51.3 Å². The number of aryl methyl sites for hydroxylation is 2. The van der Waals surface area contributed by atoms with Gasteiger partial charge in [-0.25, -0.2) is 0 Å². The Morgan fingerprint density at radius 2 is 1.80 bits per heavy atom. The zero-order valence-corrected chi connectivity index (χ0v) is 19.3. The largest absolute Gasteiger partial charge is 0.385 e. The molecule has 5 nitrogen and oxygen atoms in total. The maximum absolute atomic E-state index is 12.0. The molecule has 0 aromatic heterocycles. The number of benzene rings is 1. The van der Waals surface area contributed by atoms with Crippen LogP contribution in [0.3, 0.4) is 0 Å². The third-order valence-electron chi connectivity index (χ3n) is 7.05. The second-order valence-corrected chi connectivity index (χ2v) is 9.27. The molecular formula is C25H41N3O2. The summed E-state index contributed by atoms with van der Waals surface area (Å²) in [7, 11) is 1.68. The van der Waals surface area contributed by atoms with E-state index in [1.807, 2.05) is 0 Å². The molecule has 1 aliphatic heterocycles. The smallest absolute Gasteiger partial charge is 0.220 e. The Bertz CT molecular complexity index is 662. The fraction of sp³-hybridized carbons (Fsp3) is 0.720. The number of amides is 1. The summed E-state index contributed by atoms with van der Waals surface area (Å²) in [6.07, 6.45) is 7.49. The highest BCUT2D eigenvalue weighted by Crippen LogP contribution is 2.27. The molecule has 1 saturated carbocycles. The summed E-state index contributed by atoms with van der Waals surface area (Å²) in [5, 5.41) is 3.22. The van der Waals surface area contributed by atoms with Gasteiger partial charge in [-0.1, -0.05) is 6.07 Å². The topological polar surface area (TPSA) is 44.8 Å². The molecule has 0 bridgehead atoms. The van der Waals surface area contributed by atoms with E-state index in [1.54, 1.807) is 7.11 Å². The summed E-state index contributed by atoms with van der Waals surface area (Å²) in [5.41, 5.74) is 4.13. The van der Waals surface area contributed by atoms with E-state index in [2.05, 4.69) is 47.2 Å². The first kappa shape index (κ1) is 23.1. The van der Waals surface area contributed by atoms with Crippen LogP contribution in [0, 0.1) is 19.8 Å². The van der Waals surface area contributed by atoms with Gasteiger partial charge in [0.05, 0.1) is 0 Å². The van der Waals surface area contributed by atoms with E-state index in [4.69, 9.17) is 4.74 Å². The first-order valence-electron chi connectivity index (χ1n) is 11.9. The van der Waals surface area contributed by atoms with Crippen LogP contribution in [0.5, 0.6) is 0 Å². The minimum Gasteiger partial charge on any atom is -0.385 e. The molecule has 1 aromatic carbocycles. The third kappa shape index (κ3) is 6.98. The maximum Gasteiger partial charge on any atom is 0.220 e. The third-order valence-corrected chi connectivity index (χ3v) is 7.05. The quantitative estimate of drug-likeness (QED) is 0.621. The number of hydrogen-bond acceptors (Lipinski definition) is 4. The average Bonchev–Trinajstić information content (AvgIpc) is 2.76. The first-order chi connectivity index (χ1) is 14.5. The number of piperazine rings is 1. The zero-order chi connectivity index (χ0) is 21.3. The molecule has 1 N–H and O–H groups in total. The van der Waals surface area contributed by atoms with Crippen LogP contribution < -0.4 is 10.2 Å². The summed E-state index contributed by atoms with van der Waals surface area (Å²) in [6, 6.07) is 7.24. The van der Waals surface area contributed by atoms with Crippen LogP contribution in [-0.2, 0) is 9.53 Å². The van der Waals surface area contributed by atoms with E-state index in [0.29, 0.717) is 19.1 Å². The molecule has 0 spiro atoms. The molecule has 1 aliphatic carbocycles. The number of hydrogen-bond donors (Lipinski definition) is 1. The fourth-order valence-electron chi connectivity index (χ4n) is 4.79. The van der Waals surface area contributed by atoms with Crippen molar-refractivity contribution in [3.05, 3.63) is 29.3 Å². The Morgan fingerprint density at radius 1 is 1.07 bits per heavy atom. The van der Waals surface area contributed by atoms with Gasteiger partial charge < -0.3 is 15.0 Å². The molecule has 30 heavy (non-hydrogen) atoms. The molecule has 5 heteroatoms. The van der Waals surface area contributed by atoms with E-state index >= 15 is 0 Å². The molecule has 0 atom stereocenters. The van der Waals surface area contributed by atoms with E-state index in [-0.39, 0.29) is 5.91 Å². The maximum atomic E-state index is 12.0. The van der Waals surface area contributed by atoms with Gasteiger partial charge in [-0.15, -0.1) is 0 Å². The second-order valence-electron chi connectivity index (χ2n) is 9.27. The average molecular weight is 416 g/mol. The number of carbonyl (C=O) groups excluding carboxylic acids is 1. The molecule has 1 aromatic rings. The lowest BCUT2D eigenvalue weighted by Gasteiger charge is -2.37. The highest BCUT2D eigenvalue weighted by atomic mass is 16.5. The van der Waals surface area contributed by atoms with E-state index in [1.165, 1.54) is 55.7 Å². The Kier molecular flexibility index (Phi) is 9.01. The van der Waals surface area contributed by atoms with Gasteiger partial charge in [-0.05, 0) is 88.1 Å². The van der Waals surface area contributed by atoms with Crippen molar-refractivity contribution in [2.24, 2.45) is 5.92 Å². The van der Waals surface area contributed by atoms with Crippen molar-refractivity contribution in [3.8, 4) is 0 Å². The van der Waals surface area contributed by atoms with Gasteiger partial charge in [0.1, 0.15) is 0 Å². The number of carbonyl (C=O) groups is 1. The Labute approximate surface area is 183 Å². The summed E-state index contributed by atoms with van der Waals surface area (Å²) in [5.74, 6) is 1.02. The van der Waals surface area contributed by atoms with Crippen LogP contribution >= 0.6 is 0 Å². The van der Waals surface area contributed by atoms with Gasteiger partial charge >= 0.3 is 0 Å². The molecule has 3 rings (SSSR count). The standard InChI is InChI=1S/C25H41N3O2/c1-20-6-11-24(19-21(20)2)28-16-14-27(15-17-28)13-12-22-7-9-23(10-8-22)26-25(29)5-4-18-30-3/h6,11,19,22-23H,4-5,7-10,12-18H2,1-3H3,(H,26,29)/t22-,23-. The molecular weight excluding hydrogens is 374 g/mol. The van der Waals surface area contributed by atoms with Crippen molar-refractivity contribution in [3.63, 3.8) is 0 Å². The minimum atomic E-state index is 0.192. The lowest BCUT2D eigenvalue weighted by molar-refractivity contribution is -0.122. The fourth-order valence-corrected chi connectivity index (χ4v) is 4.79. The van der Waals surface area contributed by atoms with E-state index in [0.717, 1.165) is 38.3 Å². The number of anilines is 1. The summed E-state index contributed by atoms with van der Waals surface area (Å²) in [6.45, 7) is 10.9. The van der Waals surface area contributed by atoms with Crippen LogP contribution in [0.2, 0.25) is 0 Å². The van der Waals surface area contributed by atoms with Crippen molar-refractivity contribution < 1.29 is 9.53 Å². The number of ether oxygens (including phenoxy) is 1. The number of nitrogens with one attached hydrogen (secondary N) is 1. The Balaban J connectivity index is 1.30. The molecule has 1 amide bonds.